The maximum absolute atomic E-state index is 10.00. The Bertz CT molecular complexity index is 381. The van der Waals surface area contributed by atoms with Gasteiger partial charge in [0.1, 0.15) is 17.4 Å². The highest BCUT2D eigenvalue weighted by molar-refractivity contribution is 5.66. The van der Waals surface area contributed by atoms with Crippen LogP contribution >= 0.6 is 0 Å². The van der Waals surface area contributed by atoms with Crippen molar-refractivity contribution in [2.45, 2.75) is 50.6 Å². The fraction of sp³-hybridized carbons (Fsp3) is 0.692. The lowest BCUT2D eigenvalue weighted by Gasteiger charge is -2.12. The van der Waals surface area contributed by atoms with E-state index < -0.39 is 17.0 Å². The molecule has 0 aliphatic heterocycles. The lowest BCUT2D eigenvalue weighted by atomic mass is 10.00. The molecule has 0 radical (unpaired) electrons. The molecular formula is C13H24N4O4. The number of aliphatic carboxylic acids is 1. The van der Waals surface area contributed by atoms with Gasteiger partial charge >= 0.3 is 5.97 Å². The van der Waals surface area contributed by atoms with E-state index >= 15 is 0 Å². The highest BCUT2D eigenvalue weighted by Gasteiger charge is 2.18. The van der Waals surface area contributed by atoms with E-state index in [9.17, 15) is 9.59 Å². The largest absolute Gasteiger partial charge is 0.481 e. The van der Waals surface area contributed by atoms with Crippen LogP contribution in [0.5, 0.6) is 0 Å². The molecule has 0 saturated carbocycles. The van der Waals surface area contributed by atoms with Gasteiger partial charge in [-0.05, 0) is 26.7 Å². The lowest BCUT2D eigenvalue weighted by molar-refractivity contribution is -0.137. The van der Waals surface area contributed by atoms with Gasteiger partial charge in [0.15, 0.2) is 0 Å². The Kier molecular flexibility index (Phi) is 14.9. The molecule has 0 bridgehead atoms. The molecule has 21 heavy (non-hydrogen) atoms. The Morgan fingerprint density at radius 2 is 1.52 bits per heavy atom. The average molecular weight is 300 g/mol. The average Bonchev–Trinajstić information content (AvgIpc) is 2.46. The smallest absolute Gasteiger partial charge is 0.303 e. The maximum Gasteiger partial charge on any atom is 0.303 e. The molecule has 0 aliphatic rings. The zero-order valence-corrected chi connectivity index (χ0v) is 12.7. The van der Waals surface area contributed by atoms with Crippen molar-refractivity contribution in [3.05, 3.63) is 0 Å². The van der Waals surface area contributed by atoms with Gasteiger partial charge in [-0.25, -0.2) is 0 Å². The van der Waals surface area contributed by atoms with Gasteiger partial charge in [-0.2, -0.15) is 10.5 Å². The van der Waals surface area contributed by atoms with Crippen molar-refractivity contribution in [2.75, 3.05) is 7.11 Å². The number of rotatable bonds is 6. The van der Waals surface area contributed by atoms with E-state index in [2.05, 4.69) is 0 Å². The molecule has 0 aromatic carbocycles. The number of carboxylic acids is 1. The third-order valence-corrected chi connectivity index (χ3v) is 2.15. The zero-order valence-electron chi connectivity index (χ0n) is 12.7. The Hall–Kier alpha value is -2.00. The second kappa shape index (κ2) is 13.0. The number of carbonyl (C=O) groups is 2. The van der Waals surface area contributed by atoms with Gasteiger partial charge in [0.25, 0.3) is 0 Å². The summed E-state index contributed by atoms with van der Waals surface area (Å²) in [5, 5.41) is 31.9. The van der Waals surface area contributed by atoms with Crippen molar-refractivity contribution in [3.8, 4) is 12.1 Å². The number of hydrogen-bond donors (Lipinski definition) is 4. The van der Waals surface area contributed by atoms with Crippen LogP contribution in [0, 0.1) is 22.7 Å². The molecule has 2 unspecified atom stereocenters. The van der Waals surface area contributed by atoms with Gasteiger partial charge in [-0.3, -0.25) is 4.79 Å². The third kappa shape index (κ3) is 20.5. The first-order valence-electron chi connectivity index (χ1n) is 6.10. The number of hydrogen-bond acceptors (Lipinski definition) is 7. The highest BCUT2D eigenvalue weighted by atomic mass is 16.4. The number of carbonyl (C=O) groups excluding carboxylic acids is 1. The summed E-state index contributed by atoms with van der Waals surface area (Å²) in [5.41, 5.74) is 8.89. The van der Waals surface area contributed by atoms with Gasteiger partial charge in [0.05, 0.1) is 12.1 Å². The number of aliphatic hydroxyl groups is 1. The molecule has 6 N–H and O–H groups in total. The standard InChI is InChI=1S/C6H10N2O2.C6H10N2O.CH4O/c1-6(8,4-7)3-2-5(9)10;1-6(8,5-7)3-2-4-9;1-2/h2-3,8H2,1H3,(H,9,10);4H,2-3,8H2,1H3;2H,1H3. The zero-order chi connectivity index (χ0) is 17.5. The molecule has 0 amide bonds. The monoisotopic (exact) mass is 300 g/mol. The minimum Gasteiger partial charge on any atom is -0.481 e. The fourth-order valence-corrected chi connectivity index (χ4v) is 0.837. The topological polar surface area (TPSA) is 174 Å². The van der Waals surface area contributed by atoms with E-state index in [1.165, 1.54) is 6.92 Å². The molecule has 8 nitrogen and oxygen atoms in total. The predicted molar refractivity (Wildman–Crippen MR) is 76.7 cm³/mol. The third-order valence-electron chi connectivity index (χ3n) is 2.15. The SMILES string of the molecule is CC(N)(C#N)CCC(=O)O.CC(N)(C#N)CCC=O.CO. The van der Waals surface area contributed by atoms with Crippen LogP contribution < -0.4 is 11.5 Å². The second-order valence-corrected chi connectivity index (χ2v) is 4.66. The van der Waals surface area contributed by atoms with E-state index in [1.807, 2.05) is 12.1 Å². The molecule has 2 atom stereocenters. The van der Waals surface area contributed by atoms with E-state index in [1.54, 1.807) is 6.92 Å². The van der Waals surface area contributed by atoms with Crippen molar-refractivity contribution < 1.29 is 19.8 Å². The van der Waals surface area contributed by atoms with Crippen LogP contribution in [-0.2, 0) is 9.59 Å². The highest BCUT2D eigenvalue weighted by Crippen LogP contribution is 2.06. The number of carboxylic acid groups (broad SMARTS) is 1. The molecule has 0 aliphatic carbocycles. The summed E-state index contributed by atoms with van der Waals surface area (Å²) in [7, 11) is 1.00. The number of nitrogens with zero attached hydrogens (tertiary/aromatic N) is 2. The molecule has 0 aromatic heterocycles. The molecule has 0 heterocycles. The fourth-order valence-electron chi connectivity index (χ4n) is 0.837. The number of aliphatic hydroxyl groups excluding tert-OH is 1. The Morgan fingerprint density at radius 3 is 1.81 bits per heavy atom. The van der Waals surface area contributed by atoms with Crippen LogP contribution in [0.3, 0.4) is 0 Å². The molecule has 0 rings (SSSR count). The van der Waals surface area contributed by atoms with Crippen LogP contribution in [0.25, 0.3) is 0 Å². The van der Waals surface area contributed by atoms with Gasteiger partial charge in [0.2, 0.25) is 0 Å². The van der Waals surface area contributed by atoms with Crippen LogP contribution in [-0.4, -0.2) is 40.7 Å². The van der Waals surface area contributed by atoms with E-state index in [4.69, 9.17) is 32.2 Å². The molecule has 0 fully saturated rings. The Morgan fingerprint density at radius 1 is 1.14 bits per heavy atom. The minimum atomic E-state index is -1.00. The molecule has 0 spiro atoms. The summed E-state index contributed by atoms with van der Waals surface area (Å²) in [6.07, 6.45) is 1.70. The van der Waals surface area contributed by atoms with E-state index in [-0.39, 0.29) is 12.8 Å². The first kappa shape index (κ1) is 24.0. The molecule has 120 valence electrons. The summed E-state index contributed by atoms with van der Waals surface area (Å²) >= 11 is 0. The normalized spacial score (nSPS) is 14.3. The number of aldehydes is 1. The summed E-state index contributed by atoms with van der Waals surface area (Å²) in [6, 6.07) is 3.71. The first-order chi connectivity index (χ1) is 9.60. The van der Waals surface area contributed by atoms with Crippen LogP contribution in [0.15, 0.2) is 0 Å². The molecule has 0 saturated heterocycles. The van der Waals surface area contributed by atoms with Gasteiger partial charge in [0, 0.05) is 20.0 Å². The molecule has 8 heteroatoms. The molecule has 0 aromatic rings. The van der Waals surface area contributed by atoms with Crippen molar-refractivity contribution in [2.24, 2.45) is 11.5 Å². The van der Waals surface area contributed by atoms with Crippen molar-refractivity contribution >= 4 is 12.3 Å². The second-order valence-electron chi connectivity index (χ2n) is 4.66. The quantitative estimate of drug-likeness (QED) is 0.492. The van der Waals surface area contributed by atoms with Crippen LogP contribution in [0.2, 0.25) is 0 Å². The number of nitriles is 2. The minimum absolute atomic E-state index is 0.0550. The van der Waals surface area contributed by atoms with Crippen molar-refractivity contribution in [1.29, 1.82) is 10.5 Å². The van der Waals surface area contributed by atoms with Crippen molar-refractivity contribution in [3.63, 3.8) is 0 Å². The lowest BCUT2D eigenvalue weighted by Crippen LogP contribution is -2.34. The van der Waals surface area contributed by atoms with Gasteiger partial charge < -0.3 is 26.5 Å². The van der Waals surface area contributed by atoms with E-state index in [0.717, 1.165) is 13.4 Å². The van der Waals surface area contributed by atoms with Gasteiger partial charge in [-0.1, -0.05) is 0 Å². The maximum atomic E-state index is 10.00. The Balaban J connectivity index is -0.000000277. The summed E-state index contributed by atoms with van der Waals surface area (Å²) in [4.78, 5) is 19.8. The summed E-state index contributed by atoms with van der Waals surface area (Å²) in [5.74, 6) is -0.924. The summed E-state index contributed by atoms with van der Waals surface area (Å²) in [6.45, 7) is 3.12. The van der Waals surface area contributed by atoms with Gasteiger partial charge in [-0.15, -0.1) is 0 Å². The van der Waals surface area contributed by atoms with Crippen LogP contribution in [0.1, 0.15) is 39.5 Å². The molecular weight excluding hydrogens is 276 g/mol. The Labute approximate surface area is 125 Å². The van der Waals surface area contributed by atoms with E-state index in [0.29, 0.717) is 12.8 Å². The predicted octanol–water partition coefficient (Wildman–Crippen LogP) is -0.0928. The first-order valence-corrected chi connectivity index (χ1v) is 6.10. The van der Waals surface area contributed by atoms with Crippen molar-refractivity contribution in [1.82, 2.24) is 0 Å². The van der Waals surface area contributed by atoms with Crippen LogP contribution in [0.4, 0.5) is 0 Å². The summed E-state index contributed by atoms with van der Waals surface area (Å²) < 4.78 is 0. The number of nitrogens with two attached hydrogens (primary N) is 2.